The van der Waals surface area contributed by atoms with Gasteiger partial charge in [0.05, 0.1) is 11.4 Å². The van der Waals surface area contributed by atoms with Crippen molar-refractivity contribution in [3.8, 4) is 0 Å². The molecule has 0 spiro atoms. The Balaban J connectivity index is 2.38. The molecule has 0 bridgehead atoms. The highest BCUT2D eigenvalue weighted by Gasteiger charge is 2.20. The Morgan fingerprint density at radius 3 is 0.929 bits per heavy atom. The van der Waals surface area contributed by atoms with Crippen molar-refractivity contribution in [3.63, 3.8) is 0 Å². The van der Waals surface area contributed by atoms with Gasteiger partial charge >= 0.3 is 0 Å². The highest BCUT2D eigenvalue weighted by Crippen LogP contribution is 2.43. The van der Waals surface area contributed by atoms with Crippen molar-refractivity contribution in [3.05, 3.63) is 48.5 Å². The average molecular weight is 377 g/mol. The van der Waals surface area contributed by atoms with Crippen molar-refractivity contribution in [2.45, 2.75) is 53.4 Å². The van der Waals surface area contributed by atoms with Gasteiger partial charge in [-0.05, 0) is 25.7 Å². The summed E-state index contributed by atoms with van der Waals surface area (Å²) < 4.78 is 0. The number of rotatable bonds is 10. The zero-order chi connectivity index (χ0) is 19.9. The van der Waals surface area contributed by atoms with Crippen LogP contribution in [-0.2, 0) is 0 Å². The van der Waals surface area contributed by atoms with Crippen LogP contribution in [0, 0.1) is 0 Å². The molecule has 2 nitrogen and oxygen atoms in total. The number of hydrogen-bond donors (Lipinski definition) is 0. The van der Waals surface area contributed by atoms with Crippen LogP contribution in [0.1, 0.15) is 53.4 Å². The van der Waals surface area contributed by atoms with Crippen LogP contribution in [0.3, 0.4) is 0 Å². The first-order chi connectivity index (χ1) is 13.8. The summed E-state index contributed by atoms with van der Waals surface area (Å²) in [6.45, 7) is 13.6. The lowest BCUT2D eigenvalue weighted by Crippen LogP contribution is -2.27. The average Bonchev–Trinajstić information content (AvgIpc) is 2.72. The number of nitrogens with zero attached hydrogens (tertiary/aromatic N) is 2. The first-order valence-corrected chi connectivity index (χ1v) is 11.2. The summed E-state index contributed by atoms with van der Waals surface area (Å²) in [6.07, 6.45) is 4.68. The Labute approximate surface area is 171 Å². The molecule has 0 aliphatic rings. The van der Waals surface area contributed by atoms with Crippen molar-refractivity contribution >= 4 is 32.9 Å². The molecule has 28 heavy (non-hydrogen) atoms. The quantitative estimate of drug-likeness (QED) is 0.272. The van der Waals surface area contributed by atoms with Crippen LogP contribution in [0.25, 0.3) is 21.5 Å². The second-order valence-electron chi connectivity index (χ2n) is 7.76. The minimum Gasteiger partial charge on any atom is -0.371 e. The Kier molecular flexibility index (Phi) is 7.19. The van der Waals surface area contributed by atoms with Gasteiger partial charge in [0.25, 0.3) is 0 Å². The van der Waals surface area contributed by atoms with Gasteiger partial charge in [-0.2, -0.15) is 0 Å². The Hall–Kier alpha value is -2.22. The van der Waals surface area contributed by atoms with E-state index in [9.17, 15) is 0 Å². The molecule has 0 saturated carbocycles. The van der Waals surface area contributed by atoms with Gasteiger partial charge in [-0.1, -0.05) is 76.2 Å². The molecule has 3 aromatic carbocycles. The maximum absolute atomic E-state index is 2.61. The van der Waals surface area contributed by atoms with Gasteiger partial charge in [0, 0.05) is 47.7 Å². The van der Waals surface area contributed by atoms with Crippen LogP contribution < -0.4 is 9.80 Å². The summed E-state index contributed by atoms with van der Waals surface area (Å²) in [4.78, 5) is 5.22. The molecular weight excluding hydrogens is 340 g/mol. The van der Waals surface area contributed by atoms with E-state index in [1.807, 2.05) is 0 Å². The van der Waals surface area contributed by atoms with Crippen LogP contribution in [0.4, 0.5) is 11.4 Å². The van der Waals surface area contributed by atoms with Gasteiger partial charge in [0.2, 0.25) is 0 Å². The van der Waals surface area contributed by atoms with Gasteiger partial charge in [-0.15, -0.1) is 0 Å². The molecule has 3 rings (SSSR count). The molecule has 3 aromatic rings. The molecule has 0 saturated heterocycles. The van der Waals surface area contributed by atoms with Crippen molar-refractivity contribution in [1.29, 1.82) is 0 Å². The highest BCUT2D eigenvalue weighted by atomic mass is 15.1. The lowest BCUT2D eigenvalue weighted by Gasteiger charge is -2.32. The van der Waals surface area contributed by atoms with E-state index in [1.54, 1.807) is 0 Å². The smallest absolute Gasteiger partial charge is 0.0527 e. The lowest BCUT2D eigenvalue weighted by atomic mass is 9.96. The van der Waals surface area contributed by atoms with Crippen molar-refractivity contribution < 1.29 is 0 Å². The van der Waals surface area contributed by atoms with E-state index in [2.05, 4.69) is 86.0 Å². The van der Waals surface area contributed by atoms with Gasteiger partial charge in [-0.3, -0.25) is 0 Å². The highest BCUT2D eigenvalue weighted by molar-refractivity contribution is 6.20. The van der Waals surface area contributed by atoms with E-state index in [1.165, 1.54) is 58.6 Å². The number of fused-ring (bicyclic) bond motifs is 2. The number of anilines is 2. The standard InChI is InChI=1S/C26H36N2/c1-5-17-27(18-6-2)25-21-13-9-11-15-23(21)26(28(19-7-3)20-8-4)24-16-12-10-14-22(24)25/h9-16H,5-8,17-20H2,1-4H3. The largest absolute Gasteiger partial charge is 0.371 e. The minimum atomic E-state index is 1.11. The third kappa shape index (κ3) is 3.97. The third-order valence-corrected chi connectivity index (χ3v) is 5.48. The molecular formula is C26H36N2. The van der Waals surface area contributed by atoms with E-state index in [0.717, 1.165) is 26.2 Å². The van der Waals surface area contributed by atoms with Crippen LogP contribution in [0.2, 0.25) is 0 Å². The van der Waals surface area contributed by atoms with Gasteiger partial charge in [-0.25, -0.2) is 0 Å². The molecule has 2 heteroatoms. The maximum atomic E-state index is 2.61. The van der Waals surface area contributed by atoms with Crippen molar-refractivity contribution in [2.24, 2.45) is 0 Å². The molecule has 0 aromatic heterocycles. The fourth-order valence-corrected chi connectivity index (χ4v) is 4.51. The summed E-state index contributed by atoms with van der Waals surface area (Å²) in [6, 6.07) is 18.1. The predicted molar refractivity (Wildman–Crippen MR) is 127 cm³/mol. The summed E-state index contributed by atoms with van der Waals surface area (Å²) >= 11 is 0. The number of hydrogen-bond acceptors (Lipinski definition) is 2. The predicted octanol–water partition coefficient (Wildman–Crippen LogP) is 7.25. The van der Waals surface area contributed by atoms with Gasteiger partial charge in [0.15, 0.2) is 0 Å². The van der Waals surface area contributed by atoms with Crippen LogP contribution in [0.15, 0.2) is 48.5 Å². The van der Waals surface area contributed by atoms with E-state index in [0.29, 0.717) is 0 Å². The summed E-state index contributed by atoms with van der Waals surface area (Å²) in [5.74, 6) is 0. The van der Waals surface area contributed by atoms with E-state index in [4.69, 9.17) is 0 Å². The first-order valence-electron chi connectivity index (χ1n) is 11.2. The second kappa shape index (κ2) is 9.82. The Bertz CT molecular complexity index is 756. The molecule has 0 heterocycles. The summed E-state index contributed by atoms with van der Waals surface area (Å²) in [5.41, 5.74) is 2.85. The Morgan fingerprint density at radius 2 is 0.714 bits per heavy atom. The van der Waals surface area contributed by atoms with E-state index >= 15 is 0 Å². The van der Waals surface area contributed by atoms with Crippen LogP contribution in [-0.4, -0.2) is 26.2 Å². The SMILES string of the molecule is CCCN(CCC)c1c2ccccc2c(N(CCC)CCC)c2ccccc12. The minimum absolute atomic E-state index is 1.11. The van der Waals surface area contributed by atoms with Crippen molar-refractivity contribution in [1.82, 2.24) is 0 Å². The first kappa shape index (κ1) is 20.5. The summed E-state index contributed by atoms with van der Waals surface area (Å²) in [7, 11) is 0. The molecule has 0 aliphatic carbocycles. The van der Waals surface area contributed by atoms with Crippen LogP contribution >= 0.6 is 0 Å². The van der Waals surface area contributed by atoms with Gasteiger partial charge < -0.3 is 9.80 Å². The molecule has 150 valence electrons. The molecule has 0 amide bonds. The molecule has 0 N–H and O–H groups in total. The molecule has 0 fully saturated rings. The fraction of sp³-hybridized carbons (Fsp3) is 0.462. The van der Waals surface area contributed by atoms with Crippen LogP contribution in [0.5, 0.6) is 0 Å². The monoisotopic (exact) mass is 376 g/mol. The Morgan fingerprint density at radius 1 is 0.464 bits per heavy atom. The zero-order valence-corrected chi connectivity index (χ0v) is 18.2. The third-order valence-electron chi connectivity index (χ3n) is 5.48. The molecule has 0 atom stereocenters. The molecule has 0 unspecified atom stereocenters. The lowest BCUT2D eigenvalue weighted by molar-refractivity contribution is 0.746. The normalized spacial score (nSPS) is 11.3. The summed E-state index contributed by atoms with van der Waals surface area (Å²) in [5, 5.41) is 5.59. The topological polar surface area (TPSA) is 6.48 Å². The second-order valence-corrected chi connectivity index (χ2v) is 7.76. The maximum Gasteiger partial charge on any atom is 0.0527 e. The fourth-order valence-electron chi connectivity index (χ4n) is 4.51. The van der Waals surface area contributed by atoms with Gasteiger partial charge in [0.1, 0.15) is 0 Å². The zero-order valence-electron chi connectivity index (χ0n) is 18.2. The molecule has 0 aliphatic heterocycles. The molecule has 0 radical (unpaired) electrons. The number of benzene rings is 3. The van der Waals surface area contributed by atoms with Crippen molar-refractivity contribution in [2.75, 3.05) is 36.0 Å². The van der Waals surface area contributed by atoms with E-state index < -0.39 is 0 Å². The van der Waals surface area contributed by atoms with E-state index in [-0.39, 0.29) is 0 Å².